The molecule has 0 amide bonds. The zero-order chi connectivity index (χ0) is 12.4. The molecule has 3 heteroatoms. The van der Waals surface area contributed by atoms with Crippen LogP contribution in [0.4, 0.5) is 0 Å². The highest BCUT2D eigenvalue weighted by atomic mass is 15.2. The molecule has 0 atom stereocenters. The Balaban J connectivity index is 3.53. The maximum Gasteiger partial charge on any atom is 0.190 e. The second-order valence-electron chi connectivity index (χ2n) is 5.14. The van der Waals surface area contributed by atoms with Crippen molar-refractivity contribution >= 4 is 5.96 Å². The first-order valence-electron chi connectivity index (χ1n) is 6.50. The lowest BCUT2D eigenvalue weighted by Gasteiger charge is -2.13. The van der Waals surface area contributed by atoms with Gasteiger partial charge in [-0.2, -0.15) is 0 Å². The van der Waals surface area contributed by atoms with Crippen molar-refractivity contribution in [3.63, 3.8) is 0 Å². The molecule has 0 aliphatic carbocycles. The van der Waals surface area contributed by atoms with Crippen LogP contribution >= 0.6 is 0 Å². The van der Waals surface area contributed by atoms with E-state index in [9.17, 15) is 0 Å². The smallest absolute Gasteiger partial charge is 0.190 e. The monoisotopic (exact) mass is 227 g/mol. The van der Waals surface area contributed by atoms with E-state index in [1.165, 1.54) is 19.3 Å². The van der Waals surface area contributed by atoms with Crippen LogP contribution < -0.4 is 10.6 Å². The molecule has 16 heavy (non-hydrogen) atoms. The molecule has 0 radical (unpaired) electrons. The van der Waals surface area contributed by atoms with Gasteiger partial charge in [0.2, 0.25) is 0 Å². The topological polar surface area (TPSA) is 36.4 Å². The fourth-order valence-corrected chi connectivity index (χ4v) is 1.42. The Morgan fingerprint density at radius 3 is 2.00 bits per heavy atom. The maximum absolute atomic E-state index is 4.20. The van der Waals surface area contributed by atoms with E-state index < -0.39 is 0 Å². The molecule has 0 rings (SSSR count). The maximum atomic E-state index is 4.20. The fourth-order valence-electron chi connectivity index (χ4n) is 1.42. The lowest BCUT2D eigenvalue weighted by molar-refractivity contribution is 0.545. The molecule has 0 heterocycles. The zero-order valence-corrected chi connectivity index (χ0v) is 11.6. The first-order valence-corrected chi connectivity index (χ1v) is 6.50. The van der Waals surface area contributed by atoms with Crippen LogP contribution in [0.15, 0.2) is 4.99 Å². The molecule has 0 unspecified atom stereocenters. The normalized spacial score (nSPS) is 12.3. The van der Waals surface area contributed by atoms with Crippen LogP contribution in [0.2, 0.25) is 0 Å². The Labute approximate surface area is 101 Å². The van der Waals surface area contributed by atoms with Crippen LogP contribution in [0, 0.1) is 11.8 Å². The highest BCUT2D eigenvalue weighted by Crippen LogP contribution is 2.01. The Hall–Kier alpha value is -0.730. The molecule has 0 aromatic heterocycles. The van der Waals surface area contributed by atoms with Gasteiger partial charge < -0.3 is 10.6 Å². The summed E-state index contributed by atoms with van der Waals surface area (Å²) in [5, 5.41) is 6.67. The van der Waals surface area contributed by atoms with Gasteiger partial charge in [-0.05, 0) is 31.1 Å². The van der Waals surface area contributed by atoms with Gasteiger partial charge in [0, 0.05) is 20.1 Å². The third-order valence-corrected chi connectivity index (χ3v) is 2.49. The van der Waals surface area contributed by atoms with E-state index in [4.69, 9.17) is 0 Å². The average Bonchev–Trinajstić information content (AvgIpc) is 2.20. The van der Waals surface area contributed by atoms with Gasteiger partial charge in [-0.25, -0.2) is 0 Å². The number of aliphatic imine (C=N–C) groups is 1. The predicted molar refractivity (Wildman–Crippen MR) is 72.9 cm³/mol. The summed E-state index contributed by atoms with van der Waals surface area (Å²) in [5.41, 5.74) is 0. The highest BCUT2D eigenvalue weighted by Gasteiger charge is 1.99. The van der Waals surface area contributed by atoms with Crippen molar-refractivity contribution in [2.75, 3.05) is 20.1 Å². The molecule has 3 nitrogen and oxygen atoms in total. The Bertz CT molecular complexity index is 186. The zero-order valence-electron chi connectivity index (χ0n) is 11.6. The van der Waals surface area contributed by atoms with Crippen LogP contribution in [-0.2, 0) is 0 Å². The molecule has 0 aromatic carbocycles. The summed E-state index contributed by atoms with van der Waals surface area (Å²) in [4.78, 5) is 4.20. The summed E-state index contributed by atoms with van der Waals surface area (Å²) in [6, 6.07) is 0. The molecule has 2 N–H and O–H groups in total. The van der Waals surface area contributed by atoms with Gasteiger partial charge in [0.25, 0.3) is 0 Å². The van der Waals surface area contributed by atoms with Crippen molar-refractivity contribution in [2.45, 2.75) is 47.0 Å². The molecule has 0 aromatic rings. The van der Waals surface area contributed by atoms with Crippen molar-refractivity contribution < 1.29 is 0 Å². The van der Waals surface area contributed by atoms with Gasteiger partial charge in [0.1, 0.15) is 0 Å². The summed E-state index contributed by atoms with van der Waals surface area (Å²) in [7, 11) is 1.83. The molecule has 0 saturated heterocycles. The van der Waals surface area contributed by atoms with E-state index in [1.807, 2.05) is 7.05 Å². The minimum atomic E-state index is 0.742. The van der Waals surface area contributed by atoms with Crippen molar-refractivity contribution in [2.24, 2.45) is 16.8 Å². The van der Waals surface area contributed by atoms with E-state index >= 15 is 0 Å². The van der Waals surface area contributed by atoms with Crippen LogP contribution in [0.1, 0.15) is 47.0 Å². The van der Waals surface area contributed by atoms with E-state index in [2.05, 4.69) is 43.3 Å². The number of guanidine groups is 1. The number of hydrogen-bond acceptors (Lipinski definition) is 1. The van der Waals surface area contributed by atoms with Crippen LogP contribution in [0.5, 0.6) is 0 Å². The van der Waals surface area contributed by atoms with Gasteiger partial charge in [0.05, 0.1) is 0 Å². The molecular formula is C13H29N3. The molecule has 96 valence electrons. The van der Waals surface area contributed by atoms with E-state index in [0.29, 0.717) is 0 Å². The molecule has 0 aliphatic rings. The lowest BCUT2D eigenvalue weighted by atomic mass is 10.1. The first kappa shape index (κ1) is 15.3. The molecule has 0 spiro atoms. The van der Waals surface area contributed by atoms with E-state index in [0.717, 1.165) is 30.9 Å². The van der Waals surface area contributed by atoms with E-state index in [-0.39, 0.29) is 0 Å². The van der Waals surface area contributed by atoms with Crippen LogP contribution in [0.3, 0.4) is 0 Å². The van der Waals surface area contributed by atoms with E-state index in [1.54, 1.807) is 0 Å². The fraction of sp³-hybridized carbons (Fsp3) is 0.923. The van der Waals surface area contributed by atoms with Gasteiger partial charge in [-0.1, -0.05) is 27.7 Å². The molecule has 0 bridgehead atoms. The quantitative estimate of drug-likeness (QED) is 0.398. The lowest BCUT2D eigenvalue weighted by Crippen LogP contribution is -2.38. The minimum absolute atomic E-state index is 0.742. The first-order chi connectivity index (χ1) is 7.56. The Morgan fingerprint density at radius 2 is 1.50 bits per heavy atom. The molecule has 0 aliphatic heterocycles. The Kier molecular flexibility index (Phi) is 9.06. The highest BCUT2D eigenvalue weighted by molar-refractivity contribution is 5.79. The summed E-state index contributed by atoms with van der Waals surface area (Å²) in [6.45, 7) is 11.0. The predicted octanol–water partition coefficient (Wildman–Crippen LogP) is 2.63. The SMILES string of the molecule is CN=C(NCCCC(C)C)NCCC(C)C. The van der Waals surface area contributed by atoms with Crippen molar-refractivity contribution in [1.82, 2.24) is 10.6 Å². The van der Waals surface area contributed by atoms with Gasteiger partial charge >= 0.3 is 0 Å². The summed E-state index contributed by atoms with van der Waals surface area (Å²) in [5.74, 6) is 2.47. The third kappa shape index (κ3) is 9.81. The number of hydrogen-bond donors (Lipinski definition) is 2. The second-order valence-corrected chi connectivity index (χ2v) is 5.14. The van der Waals surface area contributed by atoms with Crippen molar-refractivity contribution in [3.05, 3.63) is 0 Å². The number of nitrogens with zero attached hydrogens (tertiary/aromatic N) is 1. The standard InChI is InChI=1S/C13H29N3/c1-11(2)7-6-9-15-13(14-5)16-10-8-12(3)4/h11-12H,6-10H2,1-5H3,(H2,14,15,16). The Morgan fingerprint density at radius 1 is 0.938 bits per heavy atom. The third-order valence-electron chi connectivity index (χ3n) is 2.49. The van der Waals surface area contributed by atoms with Crippen molar-refractivity contribution in [3.8, 4) is 0 Å². The van der Waals surface area contributed by atoms with Gasteiger partial charge in [-0.15, -0.1) is 0 Å². The summed E-state index contributed by atoms with van der Waals surface area (Å²) >= 11 is 0. The number of nitrogens with one attached hydrogen (secondary N) is 2. The van der Waals surface area contributed by atoms with Gasteiger partial charge in [0.15, 0.2) is 5.96 Å². The largest absolute Gasteiger partial charge is 0.356 e. The molecular weight excluding hydrogens is 198 g/mol. The van der Waals surface area contributed by atoms with Crippen LogP contribution in [0.25, 0.3) is 0 Å². The summed E-state index contributed by atoms with van der Waals surface area (Å²) < 4.78 is 0. The average molecular weight is 227 g/mol. The second kappa shape index (κ2) is 9.49. The van der Waals surface area contributed by atoms with Crippen molar-refractivity contribution in [1.29, 1.82) is 0 Å². The minimum Gasteiger partial charge on any atom is -0.356 e. The molecule has 0 fully saturated rings. The van der Waals surface area contributed by atoms with Crippen LogP contribution in [-0.4, -0.2) is 26.1 Å². The summed E-state index contributed by atoms with van der Waals surface area (Å²) in [6.07, 6.45) is 3.67. The van der Waals surface area contributed by atoms with Gasteiger partial charge in [-0.3, -0.25) is 4.99 Å². The molecule has 0 saturated carbocycles. The number of rotatable bonds is 7.